The van der Waals surface area contributed by atoms with Gasteiger partial charge in [-0.2, -0.15) is 4.80 Å². The van der Waals surface area contributed by atoms with Crippen molar-refractivity contribution in [3.63, 3.8) is 0 Å². The first-order valence-corrected chi connectivity index (χ1v) is 6.07. The number of aryl methyl sites for hydroxylation is 1. The molecule has 98 valence electrons. The van der Waals surface area contributed by atoms with Crippen LogP contribution >= 0.6 is 11.6 Å². The van der Waals surface area contributed by atoms with E-state index in [9.17, 15) is 4.79 Å². The zero-order chi connectivity index (χ0) is 13.7. The second-order valence-electron chi connectivity index (χ2n) is 3.68. The number of amides is 1. The van der Waals surface area contributed by atoms with Crippen molar-refractivity contribution in [2.24, 2.45) is 0 Å². The van der Waals surface area contributed by atoms with Crippen LogP contribution in [0.3, 0.4) is 0 Å². The Bertz CT molecular complexity index is 590. The van der Waals surface area contributed by atoms with Gasteiger partial charge in [0, 0.05) is 11.1 Å². The van der Waals surface area contributed by atoms with E-state index in [1.165, 1.54) is 10.9 Å². The van der Waals surface area contributed by atoms with Crippen LogP contribution in [0.15, 0.2) is 30.3 Å². The molecule has 6 nitrogen and oxygen atoms in total. The fraction of sp³-hybridized carbons (Fsp3) is 0.167. The van der Waals surface area contributed by atoms with E-state index in [1.54, 1.807) is 18.2 Å². The third-order valence-corrected chi connectivity index (χ3v) is 2.52. The predicted molar refractivity (Wildman–Crippen MR) is 72.6 cm³/mol. The molecule has 1 aromatic heterocycles. The standard InChI is InChI=1S/C12H12ClN5O/c1-2-18-16-12(15-17-18)14-11(19)8-5-9-3-6-10(13)7-4-9/h3-8H,2H2,1H3,(H,14,16,19)/b8-5+. The molecule has 0 fully saturated rings. The maximum atomic E-state index is 11.6. The minimum atomic E-state index is -0.314. The molecule has 0 unspecified atom stereocenters. The molecule has 0 aliphatic rings. The van der Waals surface area contributed by atoms with E-state index in [-0.39, 0.29) is 11.9 Å². The summed E-state index contributed by atoms with van der Waals surface area (Å²) < 4.78 is 0. The van der Waals surface area contributed by atoms with E-state index < -0.39 is 0 Å². The summed E-state index contributed by atoms with van der Waals surface area (Å²) in [5, 5.41) is 14.6. The van der Waals surface area contributed by atoms with Gasteiger partial charge in [0.2, 0.25) is 0 Å². The quantitative estimate of drug-likeness (QED) is 0.868. The molecule has 1 heterocycles. The average Bonchev–Trinajstić information content (AvgIpc) is 2.86. The molecule has 2 aromatic rings. The number of hydrogen-bond donors (Lipinski definition) is 1. The van der Waals surface area contributed by atoms with Gasteiger partial charge in [0.1, 0.15) is 0 Å². The fourth-order valence-corrected chi connectivity index (χ4v) is 1.45. The highest BCUT2D eigenvalue weighted by molar-refractivity contribution is 6.30. The molecule has 0 spiro atoms. The molecule has 1 amide bonds. The first-order chi connectivity index (χ1) is 9.17. The number of rotatable bonds is 4. The Morgan fingerprint density at radius 3 is 2.79 bits per heavy atom. The van der Waals surface area contributed by atoms with Gasteiger partial charge in [-0.15, -0.1) is 5.10 Å². The molecule has 0 bridgehead atoms. The first kappa shape index (κ1) is 13.2. The van der Waals surface area contributed by atoms with Crippen LogP contribution in [0.4, 0.5) is 5.95 Å². The lowest BCUT2D eigenvalue weighted by Gasteiger charge is -1.95. The van der Waals surface area contributed by atoms with Crippen LogP contribution < -0.4 is 5.32 Å². The number of tetrazole rings is 1. The number of carbonyl (C=O) groups excluding carboxylic acids is 1. The summed E-state index contributed by atoms with van der Waals surface area (Å²) in [5.74, 6) is -0.127. The Morgan fingerprint density at radius 2 is 2.16 bits per heavy atom. The third-order valence-electron chi connectivity index (χ3n) is 2.27. The van der Waals surface area contributed by atoms with Crippen molar-refractivity contribution in [1.29, 1.82) is 0 Å². The van der Waals surface area contributed by atoms with E-state index in [0.29, 0.717) is 11.6 Å². The summed E-state index contributed by atoms with van der Waals surface area (Å²) >= 11 is 5.77. The molecule has 0 aliphatic heterocycles. The summed E-state index contributed by atoms with van der Waals surface area (Å²) in [6, 6.07) is 7.15. The van der Waals surface area contributed by atoms with E-state index in [4.69, 9.17) is 11.6 Å². The van der Waals surface area contributed by atoms with E-state index in [2.05, 4.69) is 20.7 Å². The van der Waals surface area contributed by atoms with Crippen molar-refractivity contribution < 1.29 is 4.79 Å². The molecular formula is C12H12ClN5O. The highest BCUT2D eigenvalue weighted by Gasteiger charge is 2.03. The van der Waals surface area contributed by atoms with E-state index >= 15 is 0 Å². The summed E-state index contributed by atoms with van der Waals surface area (Å²) in [4.78, 5) is 13.0. The molecule has 0 radical (unpaired) electrons. The van der Waals surface area contributed by atoms with Crippen LogP contribution in [-0.2, 0) is 11.3 Å². The maximum absolute atomic E-state index is 11.6. The highest BCUT2D eigenvalue weighted by atomic mass is 35.5. The van der Waals surface area contributed by atoms with Gasteiger partial charge in [-0.05, 0) is 35.9 Å². The van der Waals surface area contributed by atoms with Gasteiger partial charge in [0.05, 0.1) is 6.54 Å². The Labute approximate surface area is 115 Å². The zero-order valence-electron chi connectivity index (χ0n) is 10.2. The first-order valence-electron chi connectivity index (χ1n) is 5.70. The lowest BCUT2D eigenvalue weighted by molar-refractivity contribution is -0.111. The number of carbonyl (C=O) groups is 1. The van der Waals surface area contributed by atoms with Crippen LogP contribution in [0.5, 0.6) is 0 Å². The van der Waals surface area contributed by atoms with Gasteiger partial charge in [0.15, 0.2) is 0 Å². The summed E-state index contributed by atoms with van der Waals surface area (Å²) in [6.45, 7) is 2.48. The Kier molecular flexibility index (Phi) is 4.25. The predicted octanol–water partition coefficient (Wildman–Crippen LogP) is 2.00. The number of nitrogens with zero attached hydrogens (tertiary/aromatic N) is 4. The zero-order valence-corrected chi connectivity index (χ0v) is 11.0. The van der Waals surface area contributed by atoms with Gasteiger partial charge in [-0.1, -0.05) is 28.8 Å². The fourth-order valence-electron chi connectivity index (χ4n) is 1.32. The van der Waals surface area contributed by atoms with E-state index in [0.717, 1.165) is 5.56 Å². The molecule has 0 saturated heterocycles. The van der Waals surface area contributed by atoms with Crippen LogP contribution in [0.25, 0.3) is 6.08 Å². The van der Waals surface area contributed by atoms with Crippen molar-refractivity contribution in [3.8, 4) is 0 Å². The molecule has 0 saturated carbocycles. The Morgan fingerprint density at radius 1 is 1.42 bits per heavy atom. The molecule has 2 rings (SSSR count). The molecule has 0 atom stereocenters. The minimum absolute atomic E-state index is 0.188. The van der Waals surface area contributed by atoms with Gasteiger partial charge >= 0.3 is 0 Å². The molecule has 0 aliphatic carbocycles. The number of nitrogens with one attached hydrogen (secondary N) is 1. The average molecular weight is 278 g/mol. The summed E-state index contributed by atoms with van der Waals surface area (Å²) in [5.41, 5.74) is 0.879. The largest absolute Gasteiger partial charge is 0.288 e. The lowest BCUT2D eigenvalue weighted by atomic mass is 10.2. The topological polar surface area (TPSA) is 72.7 Å². The highest BCUT2D eigenvalue weighted by Crippen LogP contribution is 2.10. The molecule has 7 heteroatoms. The number of halogens is 1. The number of hydrogen-bond acceptors (Lipinski definition) is 4. The number of benzene rings is 1. The monoisotopic (exact) mass is 277 g/mol. The molecular weight excluding hydrogens is 266 g/mol. The Hall–Kier alpha value is -2.21. The summed E-state index contributed by atoms with van der Waals surface area (Å²) in [7, 11) is 0. The van der Waals surface area contributed by atoms with Gasteiger partial charge in [0.25, 0.3) is 11.9 Å². The minimum Gasteiger partial charge on any atom is -0.288 e. The van der Waals surface area contributed by atoms with Crippen molar-refractivity contribution in [3.05, 3.63) is 40.9 Å². The second kappa shape index (κ2) is 6.10. The smallest absolute Gasteiger partial charge is 0.270 e. The molecule has 19 heavy (non-hydrogen) atoms. The molecule has 1 N–H and O–H groups in total. The van der Waals surface area contributed by atoms with Crippen LogP contribution in [-0.4, -0.2) is 26.1 Å². The SMILES string of the molecule is CCn1nnc(NC(=O)/C=C/c2ccc(Cl)cc2)n1. The number of anilines is 1. The van der Waals surface area contributed by atoms with Gasteiger partial charge in [-0.25, -0.2) is 0 Å². The van der Waals surface area contributed by atoms with Gasteiger partial charge in [-0.3, -0.25) is 10.1 Å². The van der Waals surface area contributed by atoms with Crippen molar-refractivity contribution in [2.45, 2.75) is 13.5 Å². The Balaban J connectivity index is 1.95. The van der Waals surface area contributed by atoms with E-state index in [1.807, 2.05) is 19.1 Å². The molecule has 1 aromatic carbocycles. The maximum Gasteiger partial charge on any atom is 0.270 e. The normalized spacial score (nSPS) is 10.8. The third kappa shape index (κ3) is 3.89. The van der Waals surface area contributed by atoms with Crippen LogP contribution in [0.1, 0.15) is 12.5 Å². The van der Waals surface area contributed by atoms with Crippen LogP contribution in [0.2, 0.25) is 5.02 Å². The van der Waals surface area contributed by atoms with Crippen molar-refractivity contribution in [2.75, 3.05) is 5.32 Å². The van der Waals surface area contributed by atoms with Crippen molar-refractivity contribution >= 4 is 29.5 Å². The van der Waals surface area contributed by atoms with Crippen molar-refractivity contribution in [1.82, 2.24) is 20.2 Å². The number of aromatic nitrogens is 4. The van der Waals surface area contributed by atoms with Crippen LogP contribution in [0, 0.1) is 0 Å². The lowest BCUT2D eigenvalue weighted by Crippen LogP contribution is -2.09. The van der Waals surface area contributed by atoms with Gasteiger partial charge < -0.3 is 0 Å². The second-order valence-corrected chi connectivity index (χ2v) is 4.11. The summed E-state index contributed by atoms with van der Waals surface area (Å²) in [6.07, 6.45) is 3.08.